The molecule has 1 rings (SSSR count). The molecule has 1 heterocycles. The topological polar surface area (TPSA) is 70.8 Å². The molecule has 0 atom stereocenters. The molecule has 5 heteroatoms. The van der Waals surface area contributed by atoms with Crippen molar-refractivity contribution in [3.8, 4) is 0 Å². The third-order valence-corrected chi connectivity index (χ3v) is 2.41. The predicted molar refractivity (Wildman–Crippen MR) is 62.1 cm³/mol. The van der Waals surface area contributed by atoms with E-state index in [0.717, 1.165) is 12.7 Å². The van der Waals surface area contributed by atoms with Gasteiger partial charge in [0.1, 0.15) is 6.26 Å². The van der Waals surface area contributed by atoms with Gasteiger partial charge in [-0.25, -0.2) is 4.79 Å². The second-order valence-electron chi connectivity index (χ2n) is 4.10. The standard InChI is InChI=1S/C12H17NO4/c1-4-5-13(8(2)3)11(14)10-6-9(7-17-10)12(15)16/h6-8H,4-5H2,1-3H3,(H,15,16). The zero-order chi connectivity index (χ0) is 13.0. The van der Waals surface area contributed by atoms with E-state index in [4.69, 9.17) is 9.52 Å². The molecule has 0 spiro atoms. The lowest BCUT2D eigenvalue weighted by Crippen LogP contribution is -2.37. The van der Waals surface area contributed by atoms with Crippen LogP contribution in [0.2, 0.25) is 0 Å². The molecule has 0 aliphatic rings. The monoisotopic (exact) mass is 239 g/mol. The summed E-state index contributed by atoms with van der Waals surface area (Å²) < 4.78 is 4.99. The van der Waals surface area contributed by atoms with Crippen molar-refractivity contribution in [3.63, 3.8) is 0 Å². The molecule has 5 nitrogen and oxygen atoms in total. The van der Waals surface area contributed by atoms with Crippen LogP contribution in [0.1, 0.15) is 48.1 Å². The summed E-state index contributed by atoms with van der Waals surface area (Å²) in [4.78, 5) is 24.4. The molecule has 0 aliphatic heterocycles. The van der Waals surface area contributed by atoms with Gasteiger partial charge in [-0.3, -0.25) is 4.79 Å². The Morgan fingerprint density at radius 1 is 1.47 bits per heavy atom. The minimum Gasteiger partial charge on any atom is -0.478 e. The number of carboxylic acids is 1. The Labute approximate surface area is 100 Å². The highest BCUT2D eigenvalue weighted by Gasteiger charge is 2.22. The van der Waals surface area contributed by atoms with Gasteiger partial charge >= 0.3 is 5.97 Å². The van der Waals surface area contributed by atoms with E-state index in [-0.39, 0.29) is 23.3 Å². The lowest BCUT2D eigenvalue weighted by molar-refractivity contribution is 0.0670. The average molecular weight is 239 g/mol. The molecule has 1 aromatic rings. The van der Waals surface area contributed by atoms with Crippen LogP contribution in [0.15, 0.2) is 16.7 Å². The maximum absolute atomic E-state index is 12.1. The number of carbonyl (C=O) groups excluding carboxylic acids is 1. The maximum Gasteiger partial charge on any atom is 0.338 e. The van der Waals surface area contributed by atoms with Gasteiger partial charge in [0.2, 0.25) is 0 Å². The Morgan fingerprint density at radius 2 is 2.12 bits per heavy atom. The summed E-state index contributed by atoms with van der Waals surface area (Å²) in [5.41, 5.74) is -0.00597. The van der Waals surface area contributed by atoms with Crippen LogP contribution < -0.4 is 0 Å². The molecule has 0 aromatic carbocycles. The molecular formula is C12H17NO4. The number of nitrogens with zero attached hydrogens (tertiary/aromatic N) is 1. The van der Waals surface area contributed by atoms with Gasteiger partial charge in [0, 0.05) is 18.7 Å². The highest BCUT2D eigenvalue weighted by Crippen LogP contribution is 2.13. The van der Waals surface area contributed by atoms with E-state index >= 15 is 0 Å². The van der Waals surface area contributed by atoms with Crippen LogP contribution in [-0.2, 0) is 0 Å². The largest absolute Gasteiger partial charge is 0.478 e. The lowest BCUT2D eigenvalue weighted by atomic mass is 10.2. The zero-order valence-corrected chi connectivity index (χ0v) is 10.3. The summed E-state index contributed by atoms with van der Waals surface area (Å²) in [6.45, 7) is 6.43. The molecule has 0 saturated heterocycles. The fourth-order valence-electron chi connectivity index (χ4n) is 1.54. The first-order chi connectivity index (χ1) is 7.97. The fourth-order valence-corrected chi connectivity index (χ4v) is 1.54. The van der Waals surface area contributed by atoms with E-state index in [1.54, 1.807) is 4.90 Å². The van der Waals surface area contributed by atoms with Crippen LogP contribution >= 0.6 is 0 Å². The number of carboxylic acid groups (broad SMARTS) is 1. The number of carbonyl (C=O) groups is 2. The average Bonchev–Trinajstić information content (AvgIpc) is 2.73. The van der Waals surface area contributed by atoms with Crippen LogP contribution in [-0.4, -0.2) is 34.5 Å². The molecule has 0 bridgehead atoms. The number of hydrogen-bond acceptors (Lipinski definition) is 3. The third-order valence-electron chi connectivity index (χ3n) is 2.41. The molecule has 17 heavy (non-hydrogen) atoms. The Balaban J connectivity index is 2.89. The van der Waals surface area contributed by atoms with E-state index in [9.17, 15) is 9.59 Å². The number of hydrogen-bond donors (Lipinski definition) is 1. The normalized spacial score (nSPS) is 10.6. The Morgan fingerprint density at radius 3 is 2.53 bits per heavy atom. The first-order valence-electron chi connectivity index (χ1n) is 5.60. The summed E-state index contributed by atoms with van der Waals surface area (Å²) in [5.74, 6) is -1.29. The van der Waals surface area contributed by atoms with E-state index in [0.29, 0.717) is 6.54 Å². The van der Waals surface area contributed by atoms with E-state index < -0.39 is 5.97 Å². The van der Waals surface area contributed by atoms with Gasteiger partial charge in [-0.15, -0.1) is 0 Å². The zero-order valence-electron chi connectivity index (χ0n) is 10.3. The number of rotatable bonds is 5. The van der Waals surface area contributed by atoms with Crippen LogP contribution in [0.4, 0.5) is 0 Å². The van der Waals surface area contributed by atoms with Crippen molar-refractivity contribution in [1.82, 2.24) is 4.90 Å². The molecule has 0 aliphatic carbocycles. The van der Waals surface area contributed by atoms with Gasteiger partial charge in [0.05, 0.1) is 5.56 Å². The highest BCUT2D eigenvalue weighted by molar-refractivity contribution is 5.95. The van der Waals surface area contributed by atoms with Crippen molar-refractivity contribution in [2.45, 2.75) is 33.2 Å². The smallest absolute Gasteiger partial charge is 0.338 e. The quantitative estimate of drug-likeness (QED) is 0.855. The summed E-state index contributed by atoms with van der Waals surface area (Å²) in [7, 11) is 0. The molecule has 1 aromatic heterocycles. The lowest BCUT2D eigenvalue weighted by Gasteiger charge is -2.25. The summed E-state index contributed by atoms with van der Waals surface area (Å²) >= 11 is 0. The van der Waals surface area contributed by atoms with Gasteiger partial charge in [0.15, 0.2) is 5.76 Å². The number of furan rings is 1. The molecular weight excluding hydrogens is 222 g/mol. The van der Waals surface area contributed by atoms with E-state index in [1.165, 1.54) is 6.07 Å². The van der Waals surface area contributed by atoms with Crippen LogP contribution in [0.25, 0.3) is 0 Å². The van der Waals surface area contributed by atoms with E-state index in [1.807, 2.05) is 20.8 Å². The maximum atomic E-state index is 12.1. The summed E-state index contributed by atoms with van der Waals surface area (Å²) in [6, 6.07) is 1.32. The predicted octanol–water partition coefficient (Wildman–Crippen LogP) is 2.24. The van der Waals surface area contributed by atoms with Crippen molar-refractivity contribution in [3.05, 3.63) is 23.7 Å². The molecule has 1 amide bonds. The Bertz CT molecular complexity index is 408. The first-order valence-corrected chi connectivity index (χ1v) is 5.60. The summed E-state index contributed by atoms with van der Waals surface area (Å²) in [6.07, 6.45) is 1.93. The second-order valence-corrected chi connectivity index (χ2v) is 4.10. The molecule has 94 valence electrons. The van der Waals surface area contributed by atoms with Crippen LogP contribution in [0, 0.1) is 0 Å². The number of aromatic carboxylic acids is 1. The summed E-state index contributed by atoms with van der Waals surface area (Å²) in [5, 5.41) is 8.75. The first kappa shape index (κ1) is 13.3. The fraction of sp³-hybridized carbons (Fsp3) is 0.500. The van der Waals surface area contributed by atoms with Crippen molar-refractivity contribution >= 4 is 11.9 Å². The molecule has 1 N–H and O–H groups in total. The molecule has 0 unspecified atom stereocenters. The van der Waals surface area contributed by atoms with Crippen molar-refractivity contribution in [1.29, 1.82) is 0 Å². The second kappa shape index (κ2) is 5.52. The van der Waals surface area contributed by atoms with Gasteiger partial charge in [0.25, 0.3) is 5.91 Å². The Hall–Kier alpha value is -1.78. The van der Waals surface area contributed by atoms with Crippen molar-refractivity contribution in [2.75, 3.05) is 6.54 Å². The highest BCUT2D eigenvalue weighted by atomic mass is 16.4. The van der Waals surface area contributed by atoms with Gasteiger partial charge in [-0.1, -0.05) is 6.92 Å². The molecule has 0 saturated carbocycles. The number of amides is 1. The molecule has 0 fully saturated rings. The molecule has 0 radical (unpaired) electrons. The van der Waals surface area contributed by atoms with Crippen molar-refractivity contribution in [2.24, 2.45) is 0 Å². The van der Waals surface area contributed by atoms with Gasteiger partial charge in [-0.2, -0.15) is 0 Å². The Kier molecular flexibility index (Phi) is 4.31. The van der Waals surface area contributed by atoms with Crippen LogP contribution in [0.3, 0.4) is 0 Å². The third kappa shape index (κ3) is 3.09. The van der Waals surface area contributed by atoms with Gasteiger partial charge in [-0.05, 0) is 20.3 Å². The van der Waals surface area contributed by atoms with Crippen molar-refractivity contribution < 1.29 is 19.1 Å². The van der Waals surface area contributed by atoms with Gasteiger partial charge < -0.3 is 14.4 Å². The SMILES string of the molecule is CCCN(C(=O)c1cc(C(=O)O)co1)C(C)C. The minimum absolute atomic E-state index is 0.00597. The minimum atomic E-state index is -1.10. The van der Waals surface area contributed by atoms with E-state index in [2.05, 4.69) is 0 Å². The van der Waals surface area contributed by atoms with Crippen LogP contribution in [0.5, 0.6) is 0 Å².